The normalized spacial score (nSPS) is 11.2. The van der Waals surface area contributed by atoms with E-state index in [0.29, 0.717) is 16.1 Å². The molecule has 0 aliphatic carbocycles. The molecule has 0 saturated heterocycles. The van der Waals surface area contributed by atoms with Crippen LogP contribution in [-0.4, -0.2) is 23.6 Å². The molecule has 1 aromatic heterocycles. The molecule has 2 aromatic rings. The second kappa shape index (κ2) is 6.80. The summed E-state index contributed by atoms with van der Waals surface area (Å²) < 4.78 is 10.9. The Balaban J connectivity index is 2.02. The lowest BCUT2D eigenvalue weighted by atomic mass is 10.3. The summed E-state index contributed by atoms with van der Waals surface area (Å²) in [5.74, 6) is 0.226. The van der Waals surface area contributed by atoms with Crippen LogP contribution < -0.4 is 15.8 Å². The van der Waals surface area contributed by atoms with E-state index in [1.165, 1.54) is 0 Å². The zero-order valence-electron chi connectivity index (χ0n) is 10.7. The summed E-state index contributed by atoms with van der Waals surface area (Å²) in [6, 6.07) is 9.88. The number of amidine groups is 1. The Morgan fingerprint density at radius 1 is 1.43 bits per heavy atom. The van der Waals surface area contributed by atoms with Crippen molar-refractivity contribution in [2.24, 2.45) is 10.9 Å². The maximum atomic E-state index is 11.9. The maximum absolute atomic E-state index is 11.9. The summed E-state index contributed by atoms with van der Waals surface area (Å²) in [6.07, 6.45) is 0. The molecule has 110 valence electrons. The summed E-state index contributed by atoms with van der Waals surface area (Å²) in [7, 11) is 0. The van der Waals surface area contributed by atoms with Crippen molar-refractivity contribution >= 4 is 33.4 Å². The standard InChI is InChI=1S/C13H12BrN3O4/c14-11-5-4-10(21-11)13(18)16-8-2-1-3-9(6-8)20-7-12(15)17-19/h1-6,19H,7H2,(H2,15,17)(H,16,18). The van der Waals surface area contributed by atoms with Gasteiger partial charge in [-0.05, 0) is 40.2 Å². The van der Waals surface area contributed by atoms with E-state index in [4.69, 9.17) is 20.1 Å². The van der Waals surface area contributed by atoms with Crippen molar-refractivity contribution in [1.29, 1.82) is 0 Å². The highest BCUT2D eigenvalue weighted by molar-refractivity contribution is 9.10. The minimum absolute atomic E-state index is 0.0510. The van der Waals surface area contributed by atoms with E-state index in [1.807, 2.05) is 0 Å². The Kier molecular flexibility index (Phi) is 4.83. The third-order valence-electron chi connectivity index (χ3n) is 2.40. The monoisotopic (exact) mass is 353 g/mol. The molecule has 0 unspecified atom stereocenters. The molecule has 1 amide bonds. The molecule has 4 N–H and O–H groups in total. The van der Waals surface area contributed by atoms with Crippen LogP contribution >= 0.6 is 15.9 Å². The number of nitrogens with zero attached hydrogens (tertiary/aromatic N) is 1. The van der Waals surface area contributed by atoms with Gasteiger partial charge in [0.15, 0.2) is 16.3 Å². The zero-order valence-corrected chi connectivity index (χ0v) is 12.3. The smallest absolute Gasteiger partial charge is 0.291 e. The summed E-state index contributed by atoms with van der Waals surface area (Å²) in [6.45, 7) is -0.0565. The Labute approximate surface area is 128 Å². The van der Waals surface area contributed by atoms with Gasteiger partial charge in [-0.25, -0.2) is 0 Å². The van der Waals surface area contributed by atoms with Gasteiger partial charge in [-0.15, -0.1) is 0 Å². The predicted octanol–water partition coefficient (Wildman–Crippen LogP) is 2.42. The number of benzene rings is 1. The Hall–Kier alpha value is -2.48. The maximum Gasteiger partial charge on any atom is 0.291 e. The lowest BCUT2D eigenvalue weighted by molar-refractivity contribution is 0.0995. The van der Waals surface area contributed by atoms with Gasteiger partial charge in [0, 0.05) is 11.8 Å². The first-order valence-corrected chi connectivity index (χ1v) is 6.64. The van der Waals surface area contributed by atoms with Crippen LogP contribution in [0, 0.1) is 0 Å². The molecule has 0 aliphatic rings. The van der Waals surface area contributed by atoms with Crippen LogP contribution in [0.3, 0.4) is 0 Å². The summed E-state index contributed by atoms with van der Waals surface area (Å²) >= 11 is 3.13. The fourth-order valence-corrected chi connectivity index (χ4v) is 1.79. The van der Waals surface area contributed by atoms with Crippen molar-refractivity contribution in [3.05, 3.63) is 46.8 Å². The van der Waals surface area contributed by atoms with Crippen LogP contribution in [0.4, 0.5) is 5.69 Å². The molecular weight excluding hydrogens is 342 g/mol. The van der Waals surface area contributed by atoms with Crippen LogP contribution in [0.5, 0.6) is 5.75 Å². The van der Waals surface area contributed by atoms with Crippen molar-refractivity contribution < 1.29 is 19.2 Å². The number of hydrogen-bond acceptors (Lipinski definition) is 5. The average Bonchev–Trinajstić information content (AvgIpc) is 2.92. The van der Waals surface area contributed by atoms with Crippen LogP contribution in [0.15, 0.2) is 50.6 Å². The number of halogens is 1. The molecule has 0 bridgehead atoms. The van der Waals surface area contributed by atoms with Crippen LogP contribution in [0.2, 0.25) is 0 Å². The van der Waals surface area contributed by atoms with E-state index in [9.17, 15) is 4.79 Å². The van der Waals surface area contributed by atoms with E-state index in [1.54, 1.807) is 36.4 Å². The highest BCUT2D eigenvalue weighted by atomic mass is 79.9. The number of nitrogens with one attached hydrogen (secondary N) is 1. The number of carbonyl (C=O) groups is 1. The number of anilines is 1. The van der Waals surface area contributed by atoms with E-state index in [2.05, 4.69) is 26.4 Å². The second-order valence-corrected chi connectivity index (χ2v) is 4.75. The van der Waals surface area contributed by atoms with Crippen molar-refractivity contribution in [3.8, 4) is 5.75 Å². The van der Waals surface area contributed by atoms with E-state index < -0.39 is 0 Å². The van der Waals surface area contributed by atoms with Crippen molar-refractivity contribution in [2.75, 3.05) is 11.9 Å². The van der Waals surface area contributed by atoms with Gasteiger partial charge < -0.3 is 25.4 Å². The molecule has 8 heteroatoms. The fourth-order valence-electron chi connectivity index (χ4n) is 1.48. The molecule has 1 aromatic carbocycles. The van der Waals surface area contributed by atoms with Crippen LogP contribution in [0.1, 0.15) is 10.6 Å². The molecule has 0 saturated carbocycles. The highest BCUT2D eigenvalue weighted by Crippen LogP contribution is 2.19. The molecule has 1 heterocycles. The largest absolute Gasteiger partial charge is 0.485 e. The van der Waals surface area contributed by atoms with Crippen molar-refractivity contribution in [2.45, 2.75) is 0 Å². The lowest BCUT2D eigenvalue weighted by Crippen LogP contribution is -2.20. The fraction of sp³-hybridized carbons (Fsp3) is 0.0769. The number of nitrogens with two attached hydrogens (primary N) is 1. The Morgan fingerprint density at radius 2 is 2.24 bits per heavy atom. The summed E-state index contributed by atoms with van der Waals surface area (Å²) in [5, 5.41) is 13.9. The molecular formula is C13H12BrN3O4. The number of rotatable bonds is 5. The molecule has 0 radical (unpaired) electrons. The van der Waals surface area contributed by atoms with Crippen molar-refractivity contribution in [1.82, 2.24) is 0 Å². The number of oxime groups is 1. The van der Waals surface area contributed by atoms with E-state index in [-0.39, 0.29) is 24.1 Å². The van der Waals surface area contributed by atoms with Crippen LogP contribution in [-0.2, 0) is 0 Å². The van der Waals surface area contributed by atoms with Gasteiger partial charge in [-0.1, -0.05) is 11.2 Å². The number of ether oxygens (including phenoxy) is 1. The van der Waals surface area contributed by atoms with Gasteiger partial charge in [-0.2, -0.15) is 0 Å². The molecule has 0 atom stereocenters. The Morgan fingerprint density at radius 3 is 2.90 bits per heavy atom. The van der Waals surface area contributed by atoms with Gasteiger partial charge in [0.1, 0.15) is 12.4 Å². The van der Waals surface area contributed by atoms with E-state index >= 15 is 0 Å². The SMILES string of the molecule is N/C(COc1cccc(NC(=O)c2ccc(Br)o2)c1)=N\O. The third kappa shape index (κ3) is 4.25. The zero-order chi connectivity index (χ0) is 15.2. The number of carbonyl (C=O) groups excluding carboxylic acids is 1. The summed E-state index contributed by atoms with van der Waals surface area (Å²) in [4.78, 5) is 11.9. The average molecular weight is 354 g/mol. The predicted molar refractivity (Wildman–Crippen MR) is 79.7 cm³/mol. The van der Waals surface area contributed by atoms with Gasteiger partial charge in [0.25, 0.3) is 5.91 Å². The first-order chi connectivity index (χ1) is 10.1. The van der Waals surface area contributed by atoms with Gasteiger partial charge in [0.2, 0.25) is 0 Å². The van der Waals surface area contributed by atoms with Gasteiger partial charge >= 0.3 is 0 Å². The van der Waals surface area contributed by atoms with Crippen molar-refractivity contribution in [3.63, 3.8) is 0 Å². The quantitative estimate of drug-likeness (QED) is 0.331. The first-order valence-electron chi connectivity index (χ1n) is 5.84. The highest BCUT2D eigenvalue weighted by Gasteiger charge is 2.11. The molecule has 0 fully saturated rings. The lowest BCUT2D eigenvalue weighted by Gasteiger charge is -2.07. The molecule has 0 aliphatic heterocycles. The summed E-state index contributed by atoms with van der Waals surface area (Å²) in [5.41, 5.74) is 5.84. The minimum atomic E-state index is -0.380. The number of furan rings is 1. The van der Waals surface area contributed by atoms with Gasteiger partial charge in [0.05, 0.1) is 0 Å². The molecule has 21 heavy (non-hydrogen) atoms. The molecule has 2 rings (SSSR count). The van der Waals surface area contributed by atoms with Crippen LogP contribution in [0.25, 0.3) is 0 Å². The topological polar surface area (TPSA) is 110 Å². The van der Waals surface area contributed by atoms with Gasteiger partial charge in [-0.3, -0.25) is 4.79 Å². The molecule has 7 nitrogen and oxygen atoms in total. The van der Waals surface area contributed by atoms with E-state index in [0.717, 1.165) is 0 Å². The first kappa shape index (κ1) is 14.9. The number of hydrogen-bond donors (Lipinski definition) is 3. The second-order valence-electron chi connectivity index (χ2n) is 3.97. The Bertz CT molecular complexity index is 669. The molecule has 0 spiro atoms. The third-order valence-corrected chi connectivity index (χ3v) is 2.83. The minimum Gasteiger partial charge on any atom is -0.485 e. The number of amides is 1.